The first kappa shape index (κ1) is 17.0. The predicted octanol–water partition coefficient (Wildman–Crippen LogP) is 3.51. The van der Waals surface area contributed by atoms with Crippen molar-refractivity contribution >= 4 is 11.6 Å². The standard InChI is InChI=1S/C18H19FN2O4/c1-24-15-8-9-20-16(17(15)22)18(23)21-14-7-6-12(10-13(14)19)25-11-4-2-3-5-11/h6-11,22H,2-5H2,1H3,(H,21,23). The van der Waals surface area contributed by atoms with Crippen LogP contribution in [0.2, 0.25) is 0 Å². The molecule has 1 heterocycles. The Balaban J connectivity index is 1.73. The Morgan fingerprint density at radius 1 is 1.32 bits per heavy atom. The average Bonchev–Trinajstić information content (AvgIpc) is 3.10. The highest BCUT2D eigenvalue weighted by atomic mass is 19.1. The van der Waals surface area contributed by atoms with Crippen molar-refractivity contribution in [3.8, 4) is 17.2 Å². The van der Waals surface area contributed by atoms with E-state index in [1.165, 1.54) is 31.5 Å². The lowest BCUT2D eigenvalue weighted by Gasteiger charge is -2.14. The highest BCUT2D eigenvalue weighted by Gasteiger charge is 2.20. The minimum absolute atomic E-state index is 0.0206. The quantitative estimate of drug-likeness (QED) is 0.866. The van der Waals surface area contributed by atoms with E-state index in [-0.39, 0.29) is 23.2 Å². The monoisotopic (exact) mass is 346 g/mol. The summed E-state index contributed by atoms with van der Waals surface area (Å²) in [6, 6.07) is 5.69. The molecule has 6 nitrogen and oxygen atoms in total. The topological polar surface area (TPSA) is 80.7 Å². The van der Waals surface area contributed by atoms with Crippen LogP contribution in [0.5, 0.6) is 17.2 Å². The van der Waals surface area contributed by atoms with Crippen LogP contribution in [0, 0.1) is 5.82 Å². The molecular formula is C18H19FN2O4. The van der Waals surface area contributed by atoms with Gasteiger partial charge in [-0.05, 0) is 37.8 Å². The van der Waals surface area contributed by atoms with Crippen molar-refractivity contribution in [1.29, 1.82) is 0 Å². The molecule has 0 radical (unpaired) electrons. The molecule has 0 unspecified atom stereocenters. The number of amides is 1. The number of anilines is 1. The van der Waals surface area contributed by atoms with E-state index in [0.717, 1.165) is 25.7 Å². The summed E-state index contributed by atoms with van der Waals surface area (Å²) in [6.07, 6.45) is 5.64. The molecule has 1 amide bonds. The Hall–Kier alpha value is -2.83. The second-order valence-corrected chi connectivity index (χ2v) is 5.83. The van der Waals surface area contributed by atoms with E-state index in [4.69, 9.17) is 9.47 Å². The zero-order valence-corrected chi connectivity index (χ0v) is 13.8. The van der Waals surface area contributed by atoms with Crippen LogP contribution in [0.3, 0.4) is 0 Å². The van der Waals surface area contributed by atoms with Gasteiger partial charge in [0.05, 0.1) is 18.9 Å². The number of nitrogens with one attached hydrogen (secondary N) is 1. The summed E-state index contributed by atoms with van der Waals surface area (Å²) in [5.74, 6) is -1.21. The van der Waals surface area contributed by atoms with Gasteiger partial charge in [0.25, 0.3) is 5.91 Å². The Kier molecular flexibility index (Phi) is 5.02. The van der Waals surface area contributed by atoms with Gasteiger partial charge in [0.1, 0.15) is 11.6 Å². The fourth-order valence-corrected chi connectivity index (χ4v) is 2.82. The maximum Gasteiger partial charge on any atom is 0.278 e. The van der Waals surface area contributed by atoms with Crippen molar-refractivity contribution in [2.24, 2.45) is 0 Å². The molecule has 2 N–H and O–H groups in total. The molecule has 1 aromatic carbocycles. The van der Waals surface area contributed by atoms with Crippen LogP contribution in [0.15, 0.2) is 30.5 Å². The average molecular weight is 346 g/mol. The predicted molar refractivity (Wildman–Crippen MR) is 89.7 cm³/mol. The fraction of sp³-hybridized carbons (Fsp3) is 0.333. The highest BCUT2D eigenvalue weighted by Crippen LogP contribution is 2.29. The minimum Gasteiger partial charge on any atom is -0.503 e. The number of methoxy groups -OCH3 is 1. The minimum atomic E-state index is -0.736. The third-order valence-electron chi connectivity index (χ3n) is 4.12. The second-order valence-electron chi connectivity index (χ2n) is 5.83. The number of carbonyl (C=O) groups excluding carboxylic acids is 1. The van der Waals surface area contributed by atoms with Crippen LogP contribution in [0.25, 0.3) is 0 Å². The van der Waals surface area contributed by atoms with Gasteiger partial charge < -0.3 is 19.9 Å². The number of halogens is 1. The van der Waals surface area contributed by atoms with Crippen LogP contribution in [0.4, 0.5) is 10.1 Å². The first-order valence-electron chi connectivity index (χ1n) is 8.08. The number of pyridine rings is 1. The van der Waals surface area contributed by atoms with Gasteiger partial charge in [-0.3, -0.25) is 4.79 Å². The van der Waals surface area contributed by atoms with Gasteiger partial charge in [-0.1, -0.05) is 0 Å². The third-order valence-corrected chi connectivity index (χ3v) is 4.12. The molecule has 0 bridgehead atoms. The Morgan fingerprint density at radius 3 is 2.76 bits per heavy atom. The number of ether oxygens (including phenoxy) is 2. The first-order valence-corrected chi connectivity index (χ1v) is 8.08. The number of nitrogens with zero attached hydrogens (tertiary/aromatic N) is 1. The van der Waals surface area contributed by atoms with Crippen molar-refractivity contribution in [2.75, 3.05) is 12.4 Å². The fourth-order valence-electron chi connectivity index (χ4n) is 2.82. The van der Waals surface area contributed by atoms with Gasteiger partial charge >= 0.3 is 0 Å². The van der Waals surface area contributed by atoms with Gasteiger partial charge in [-0.25, -0.2) is 9.37 Å². The van der Waals surface area contributed by atoms with E-state index in [9.17, 15) is 14.3 Å². The molecule has 1 aromatic heterocycles. The Morgan fingerprint density at radius 2 is 2.08 bits per heavy atom. The SMILES string of the molecule is COc1ccnc(C(=O)Nc2ccc(OC3CCCC3)cc2F)c1O. The Bertz CT molecular complexity index is 776. The second kappa shape index (κ2) is 7.38. The molecule has 0 saturated heterocycles. The van der Waals surface area contributed by atoms with Crippen molar-refractivity contribution in [3.05, 3.63) is 42.0 Å². The van der Waals surface area contributed by atoms with Crippen molar-refractivity contribution in [1.82, 2.24) is 4.98 Å². The molecule has 1 aliphatic rings. The molecule has 25 heavy (non-hydrogen) atoms. The van der Waals surface area contributed by atoms with Crippen LogP contribution < -0.4 is 14.8 Å². The summed E-state index contributed by atoms with van der Waals surface area (Å²) in [5, 5.41) is 12.3. The number of carbonyl (C=O) groups is 1. The largest absolute Gasteiger partial charge is 0.503 e. The van der Waals surface area contributed by atoms with E-state index in [1.54, 1.807) is 6.07 Å². The van der Waals surface area contributed by atoms with Crippen LogP contribution >= 0.6 is 0 Å². The van der Waals surface area contributed by atoms with Crippen LogP contribution in [-0.2, 0) is 0 Å². The number of rotatable bonds is 5. The van der Waals surface area contributed by atoms with Crippen molar-refractivity contribution in [2.45, 2.75) is 31.8 Å². The van der Waals surface area contributed by atoms with E-state index >= 15 is 0 Å². The van der Waals surface area contributed by atoms with E-state index in [0.29, 0.717) is 5.75 Å². The number of hydrogen-bond acceptors (Lipinski definition) is 5. The van der Waals surface area contributed by atoms with Crippen LogP contribution in [-0.4, -0.2) is 29.2 Å². The summed E-state index contributed by atoms with van der Waals surface area (Å²) >= 11 is 0. The molecular weight excluding hydrogens is 327 g/mol. The number of benzene rings is 1. The maximum atomic E-state index is 14.2. The molecule has 0 atom stereocenters. The molecule has 0 aliphatic heterocycles. The number of aromatic hydroxyl groups is 1. The lowest BCUT2D eigenvalue weighted by atomic mass is 10.2. The highest BCUT2D eigenvalue weighted by molar-refractivity contribution is 6.05. The smallest absolute Gasteiger partial charge is 0.278 e. The van der Waals surface area contributed by atoms with Crippen molar-refractivity contribution < 1.29 is 23.8 Å². The van der Waals surface area contributed by atoms with Gasteiger partial charge in [0.2, 0.25) is 0 Å². The van der Waals surface area contributed by atoms with Crippen molar-refractivity contribution in [3.63, 3.8) is 0 Å². The summed E-state index contributed by atoms with van der Waals surface area (Å²) in [7, 11) is 1.36. The molecule has 1 fully saturated rings. The Labute approximate surface area is 144 Å². The van der Waals surface area contributed by atoms with Gasteiger partial charge in [0, 0.05) is 18.3 Å². The zero-order valence-electron chi connectivity index (χ0n) is 13.8. The van der Waals surface area contributed by atoms with Gasteiger partial charge in [0.15, 0.2) is 17.2 Å². The number of aromatic nitrogens is 1. The lowest BCUT2D eigenvalue weighted by Crippen LogP contribution is -2.15. The first-order chi connectivity index (χ1) is 12.1. The molecule has 0 spiro atoms. The molecule has 2 aromatic rings. The zero-order chi connectivity index (χ0) is 17.8. The molecule has 7 heteroatoms. The van der Waals surface area contributed by atoms with Gasteiger partial charge in [-0.2, -0.15) is 0 Å². The normalized spacial score (nSPS) is 14.3. The summed E-state index contributed by atoms with van der Waals surface area (Å²) in [5.41, 5.74) is -0.266. The maximum absolute atomic E-state index is 14.2. The molecule has 1 saturated carbocycles. The molecule has 132 valence electrons. The summed E-state index contributed by atoms with van der Waals surface area (Å²) in [4.78, 5) is 16.0. The third kappa shape index (κ3) is 3.81. The van der Waals surface area contributed by atoms with Gasteiger partial charge in [-0.15, -0.1) is 0 Å². The number of hydrogen-bond donors (Lipinski definition) is 2. The lowest BCUT2D eigenvalue weighted by molar-refractivity contribution is 0.101. The summed E-state index contributed by atoms with van der Waals surface area (Å²) in [6.45, 7) is 0. The van der Waals surface area contributed by atoms with E-state index in [2.05, 4.69) is 10.3 Å². The summed E-state index contributed by atoms with van der Waals surface area (Å²) < 4.78 is 24.9. The molecule has 3 rings (SSSR count). The van der Waals surface area contributed by atoms with Crippen LogP contribution in [0.1, 0.15) is 36.2 Å². The van der Waals surface area contributed by atoms with E-state index < -0.39 is 17.5 Å². The van der Waals surface area contributed by atoms with E-state index in [1.807, 2.05) is 0 Å². The molecule has 1 aliphatic carbocycles.